The summed E-state index contributed by atoms with van der Waals surface area (Å²) in [6.45, 7) is 1.84. The van der Waals surface area contributed by atoms with Crippen LogP contribution in [-0.4, -0.2) is 40.4 Å². The maximum absolute atomic E-state index is 13.2. The normalized spacial score (nSPS) is 15.6. The summed E-state index contributed by atoms with van der Waals surface area (Å²) in [7, 11) is -3.42. The van der Waals surface area contributed by atoms with E-state index in [-0.39, 0.29) is 22.6 Å². The number of carbonyl (C=O) groups excluding carboxylic acids is 1. The highest BCUT2D eigenvalue weighted by atomic mass is 32.2. The van der Waals surface area contributed by atoms with E-state index in [4.69, 9.17) is 4.52 Å². The summed E-state index contributed by atoms with van der Waals surface area (Å²) in [5.41, 5.74) is 1.38. The van der Waals surface area contributed by atoms with Crippen molar-refractivity contribution in [3.8, 4) is 0 Å². The average molecular weight is 386 g/mol. The molecule has 0 radical (unpaired) electrons. The summed E-state index contributed by atoms with van der Waals surface area (Å²) < 4.78 is 30.9. The Labute approximate surface area is 156 Å². The molecule has 140 valence electrons. The van der Waals surface area contributed by atoms with Gasteiger partial charge in [-0.3, -0.25) is 4.79 Å². The van der Waals surface area contributed by atoms with E-state index in [9.17, 15) is 13.2 Å². The summed E-state index contributed by atoms with van der Waals surface area (Å²) >= 11 is 0. The van der Waals surface area contributed by atoms with Gasteiger partial charge in [0.05, 0.1) is 22.7 Å². The number of hydrogen-bond acceptors (Lipinski definition) is 7. The van der Waals surface area contributed by atoms with Crippen molar-refractivity contribution >= 4 is 15.6 Å². The first-order chi connectivity index (χ1) is 12.9. The van der Waals surface area contributed by atoms with E-state index >= 15 is 0 Å². The van der Waals surface area contributed by atoms with Crippen LogP contribution >= 0.6 is 0 Å². The molecule has 0 spiro atoms. The second-order valence-corrected chi connectivity index (χ2v) is 8.80. The molecule has 1 atom stereocenters. The monoisotopic (exact) mass is 386 g/mol. The predicted molar refractivity (Wildman–Crippen MR) is 95.3 cm³/mol. The van der Waals surface area contributed by atoms with E-state index in [0.717, 1.165) is 19.1 Å². The topological polar surface area (TPSA) is 108 Å². The third-order valence-electron chi connectivity index (χ3n) is 4.77. The average Bonchev–Trinajstić information content (AvgIpc) is 3.13. The van der Waals surface area contributed by atoms with E-state index in [0.29, 0.717) is 22.5 Å². The smallest absolute Gasteiger partial charge is 0.198 e. The Morgan fingerprint density at radius 1 is 1.30 bits per heavy atom. The fourth-order valence-corrected chi connectivity index (χ4v) is 3.74. The molecule has 1 aliphatic carbocycles. The van der Waals surface area contributed by atoms with Crippen LogP contribution in [0.25, 0.3) is 0 Å². The predicted octanol–water partition coefficient (Wildman–Crippen LogP) is 2.39. The summed E-state index contributed by atoms with van der Waals surface area (Å²) in [5.74, 6) is 0.602. The third kappa shape index (κ3) is 3.30. The van der Waals surface area contributed by atoms with Gasteiger partial charge in [-0.2, -0.15) is 5.10 Å². The van der Waals surface area contributed by atoms with Crippen LogP contribution in [0.1, 0.15) is 59.0 Å². The molecular formula is C18H18N4O4S. The van der Waals surface area contributed by atoms with E-state index in [1.807, 2.05) is 6.92 Å². The Morgan fingerprint density at radius 3 is 2.70 bits per heavy atom. The van der Waals surface area contributed by atoms with Crippen molar-refractivity contribution in [1.82, 2.24) is 19.9 Å². The van der Waals surface area contributed by atoms with Gasteiger partial charge in [0.1, 0.15) is 12.7 Å². The maximum atomic E-state index is 13.2. The molecule has 3 aromatic rings. The number of aromatic nitrogens is 4. The van der Waals surface area contributed by atoms with Crippen LogP contribution in [0.15, 0.2) is 46.5 Å². The zero-order valence-electron chi connectivity index (χ0n) is 14.9. The number of rotatable bonds is 6. The second-order valence-electron chi connectivity index (χ2n) is 6.78. The minimum atomic E-state index is -3.42. The molecule has 0 saturated heterocycles. The maximum Gasteiger partial charge on any atom is 0.198 e. The fraction of sp³-hybridized carbons (Fsp3) is 0.333. The Morgan fingerprint density at radius 2 is 2.07 bits per heavy atom. The zero-order chi connectivity index (χ0) is 19.2. The van der Waals surface area contributed by atoms with Gasteiger partial charge in [-0.1, -0.05) is 5.16 Å². The number of benzene rings is 1. The molecule has 0 amide bonds. The molecule has 1 unspecified atom stereocenters. The van der Waals surface area contributed by atoms with Gasteiger partial charge in [-0.15, -0.1) is 0 Å². The molecule has 1 aromatic carbocycles. The molecular weight excluding hydrogens is 368 g/mol. The van der Waals surface area contributed by atoms with Crippen molar-refractivity contribution in [2.24, 2.45) is 0 Å². The molecule has 4 rings (SSSR count). The molecule has 1 saturated carbocycles. The number of sulfone groups is 1. The van der Waals surface area contributed by atoms with Crippen LogP contribution in [0.3, 0.4) is 0 Å². The molecule has 1 fully saturated rings. The number of ketones is 1. The third-order valence-corrected chi connectivity index (χ3v) is 5.88. The molecule has 0 aliphatic heterocycles. The minimum absolute atomic E-state index is 0.147. The van der Waals surface area contributed by atoms with E-state index in [1.54, 1.807) is 10.7 Å². The summed E-state index contributed by atoms with van der Waals surface area (Å²) in [6, 6.07) is 4.15. The van der Waals surface area contributed by atoms with E-state index in [1.165, 1.54) is 31.0 Å². The molecule has 27 heavy (non-hydrogen) atoms. The Hall–Kier alpha value is -2.81. The first-order valence-corrected chi connectivity index (χ1v) is 10.4. The molecule has 8 nitrogen and oxygen atoms in total. The van der Waals surface area contributed by atoms with Crippen molar-refractivity contribution in [2.75, 3.05) is 6.26 Å². The highest BCUT2D eigenvalue weighted by Crippen LogP contribution is 2.42. The van der Waals surface area contributed by atoms with Crippen molar-refractivity contribution in [3.63, 3.8) is 0 Å². The van der Waals surface area contributed by atoms with Gasteiger partial charge in [-0.25, -0.2) is 18.1 Å². The summed E-state index contributed by atoms with van der Waals surface area (Å²) in [5, 5.41) is 7.91. The summed E-state index contributed by atoms with van der Waals surface area (Å²) in [4.78, 5) is 17.3. The standard InChI is InChI=1S/C18H18N4O4S/c1-11(22-10-19-9-20-22)15-7-13(27(2,24)25)5-6-14(15)17(23)16-8-21-26-18(16)12-3-4-12/h5-12H,3-4H2,1-2H3. The Balaban J connectivity index is 1.84. The highest BCUT2D eigenvalue weighted by Gasteiger charge is 2.33. The van der Waals surface area contributed by atoms with Crippen molar-refractivity contribution < 1.29 is 17.7 Å². The van der Waals surface area contributed by atoms with Gasteiger partial charge in [0.15, 0.2) is 21.4 Å². The lowest BCUT2D eigenvalue weighted by Gasteiger charge is -2.17. The lowest BCUT2D eigenvalue weighted by atomic mass is 9.94. The quantitative estimate of drug-likeness (QED) is 0.599. The van der Waals surface area contributed by atoms with Gasteiger partial charge in [0.25, 0.3) is 0 Å². The molecule has 9 heteroatoms. The van der Waals surface area contributed by atoms with Crippen molar-refractivity contribution in [3.05, 3.63) is 59.5 Å². The van der Waals surface area contributed by atoms with Gasteiger partial charge >= 0.3 is 0 Å². The van der Waals surface area contributed by atoms with Crippen LogP contribution in [0.5, 0.6) is 0 Å². The highest BCUT2D eigenvalue weighted by molar-refractivity contribution is 7.90. The molecule has 2 heterocycles. The largest absolute Gasteiger partial charge is 0.360 e. The van der Waals surface area contributed by atoms with Crippen LogP contribution in [0, 0.1) is 0 Å². The molecule has 0 N–H and O–H groups in total. The first-order valence-electron chi connectivity index (χ1n) is 8.53. The lowest BCUT2D eigenvalue weighted by molar-refractivity contribution is 0.103. The van der Waals surface area contributed by atoms with Gasteiger partial charge in [-0.05, 0) is 43.5 Å². The zero-order valence-corrected chi connectivity index (χ0v) is 15.7. The Bertz CT molecular complexity index is 1100. The second kappa shape index (κ2) is 6.41. The van der Waals surface area contributed by atoms with Gasteiger partial charge < -0.3 is 4.52 Å². The summed E-state index contributed by atoms with van der Waals surface area (Å²) in [6.07, 6.45) is 7.45. The molecule has 1 aliphatic rings. The lowest BCUT2D eigenvalue weighted by Crippen LogP contribution is -2.15. The van der Waals surface area contributed by atoms with Crippen LogP contribution in [0.2, 0.25) is 0 Å². The van der Waals surface area contributed by atoms with Crippen LogP contribution < -0.4 is 0 Å². The van der Waals surface area contributed by atoms with E-state index in [2.05, 4.69) is 15.2 Å². The van der Waals surface area contributed by atoms with Crippen LogP contribution in [0.4, 0.5) is 0 Å². The minimum Gasteiger partial charge on any atom is -0.360 e. The van der Waals surface area contributed by atoms with Gasteiger partial charge in [0, 0.05) is 17.7 Å². The van der Waals surface area contributed by atoms with Gasteiger partial charge in [0.2, 0.25) is 0 Å². The number of hydrogen-bond donors (Lipinski definition) is 0. The Kier molecular flexibility index (Phi) is 4.18. The van der Waals surface area contributed by atoms with E-state index < -0.39 is 9.84 Å². The number of carbonyl (C=O) groups is 1. The van der Waals surface area contributed by atoms with Crippen molar-refractivity contribution in [2.45, 2.75) is 36.6 Å². The molecule has 2 aromatic heterocycles. The van der Waals surface area contributed by atoms with Crippen LogP contribution in [-0.2, 0) is 9.84 Å². The van der Waals surface area contributed by atoms with Crippen molar-refractivity contribution in [1.29, 1.82) is 0 Å². The number of nitrogens with zero attached hydrogens (tertiary/aromatic N) is 4. The molecule has 0 bridgehead atoms. The fourth-order valence-electron chi connectivity index (χ4n) is 3.09. The SMILES string of the molecule is CC(c1cc(S(C)(=O)=O)ccc1C(=O)c1cnoc1C1CC1)n1cncn1. The first kappa shape index (κ1) is 17.6.